The lowest BCUT2D eigenvalue weighted by Gasteiger charge is -2.33. The number of nitrogens with zero attached hydrogens (tertiary/aromatic N) is 2. The molecule has 2 heterocycles. The van der Waals surface area contributed by atoms with Crippen LogP contribution in [0.4, 0.5) is 4.79 Å². The predicted octanol–water partition coefficient (Wildman–Crippen LogP) is 3.43. The Morgan fingerprint density at radius 2 is 1.88 bits per heavy atom. The van der Waals surface area contributed by atoms with Gasteiger partial charge in [0.15, 0.2) is 0 Å². The zero-order valence-electron chi connectivity index (χ0n) is 24.8. The quantitative estimate of drug-likeness (QED) is 0.381. The number of likely N-dealkylation sites (N-methyl/N-ethyl adjacent to an activating group) is 1. The van der Waals surface area contributed by atoms with Gasteiger partial charge in [-0.2, -0.15) is 0 Å². The molecule has 0 radical (unpaired) electrons. The summed E-state index contributed by atoms with van der Waals surface area (Å²) >= 11 is 0. The van der Waals surface area contributed by atoms with Crippen LogP contribution in [-0.2, 0) is 24.3 Å². The molecule has 1 aromatic rings. The van der Waals surface area contributed by atoms with E-state index in [4.69, 9.17) is 9.47 Å². The van der Waals surface area contributed by atoms with Crippen molar-refractivity contribution in [3.8, 4) is 0 Å². The summed E-state index contributed by atoms with van der Waals surface area (Å²) in [6.45, 7) is 10.5. The number of esters is 1. The second-order valence-corrected chi connectivity index (χ2v) is 12.9. The highest BCUT2D eigenvalue weighted by atomic mass is 32.2. The van der Waals surface area contributed by atoms with Gasteiger partial charge in [0.2, 0.25) is 10.0 Å². The number of sulfonamides is 1. The maximum absolute atomic E-state index is 13.0. The minimum Gasteiger partial charge on any atom is -0.457 e. The molecule has 3 rings (SSSR count). The van der Waals surface area contributed by atoms with Gasteiger partial charge in [0.1, 0.15) is 12.2 Å². The van der Waals surface area contributed by atoms with Crippen molar-refractivity contribution < 1.29 is 32.6 Å². The predicted molar refractivity (Wildman–Crippen MR) is 158 cm³/mol. The summed E-state index contributed by atoms with van der Waals surface area (Å²) < 4.78 is 39.3. The molecule has 5 atom stereocenters. The number of hydrogen-bond donors (Lipinski definition) is 2. The highest BCUT2D eigenvalue weighted by molar-refractivity contribution is 7.89. The van der Waals surface area contributed by atoms with Gasteiger partial charge in [0.05, 0.1) is 17.4 Å². The third kappa shape index (κ3) is 9.66. The van der Waals surface area contributed by atoms with Crippen molar-refractivity contribution in [2.75, 3.05) is 39.8 Å². The van der Waals surface area contributed by atoms with Crippen LogP contribution < -0.4 is 4.72 Å². The molecule has 1 aromatic carbocycles. The molecule has 11 heteroatoms. The van der Waals surface area contributed by atoms with Crippen molar-refractivity contribution >= 4 is 28.2 Å². The number of piperazine rings is 1. The van der Waals surface area contributed by atoms with E-state index in [0.717, 1.165) is 13.1 Å². The zero-order valence-corrected chi connectivity index (χ0v) is 25.6. The SMILES string of the molecule is CCNS(=O)(=O)c1cccc(/C=C(\C)[C@H]2OC(=O)C[C@H](O)CC[C@H](C)[C@@H](OC(=O)N3CCN(C)CC3)/C=C/[C@@H]2C)c1. The van der Waals surface area contributed by atoms with Crippen molar-refractivity contribution in [2.24, 2.45) is 11.8 Å². The lowest BCUT2D eigenvalue weighted by atomic mass is 9.91. The molecular formula is C30H45N3O7S. The Kier molecular flexibility index (Phi) is 12.0. The first kappa shape index (κ1) is 32.8. The van der Waals surface area contributed by atoms with E-state index in [0.29, 0.717) is 37.1 Å². The van der Waals surface area contributed by atoms with Crippen LogP contribution in [0.1, 0.15) is 52.5 Å². The summed E-state index contributed by atoms with van der Waals surface area (Å²) in [5, 5.41) is 10.5. The van der Waals surface area contributed by atoms with Crippen LogP contribution in [0, 0.1) is 11.8 Å². The molecule has 2 aliphatic rings. The number of aliphatic hydroxyl groups excluding tert-OH is 1. The van der Waals surface area contributed by atoms with Gasteiger partial charge in [-0.1, -0.05) is 45.1 Å². The Labute approximate surface area is 244 Å². The highest BCUT2D eigenvalue weighted by Crippen LogP contribution is 2.26. The summed E-state index contributed by atoms with van der Waals surface area (Å²) in [7, 11) is -1.61. The molecule has 1 saturated heterocycles. The van der Waals surface area contributed by atoms with E-state index in [1.165, 1.54) is 6.07 Å². The second-order valence-electron chi connectivity index (χ2n) is 11.2. The molecule has 0 unspecified atom stereocenters. The average molecular weight is 592 g/mol. The Morgan fingerprint density at radius 1 is 1.17 bits per heavy atom. The first-order chi connectivity index (χ1) is 19.4. The number of rotatable bonds is 6. The van der Waals surface area contributed by atoms with Crippen LogP contribution >= 0.6 is 0 Å². The number of aliphatic hydroxyl groups is 1. The van der Waals surface area contributed by atoms with E-state index in [1.54, 1.807) is 36.1 Å². The molecule has 10 nitrogen and oxygen atoms in total. The highest BCUT2D eigenvalue weighted by Gasteiger charge is 2.29. The van der Waals surface area contributed by atoms with Gasteiger partial charge in [-0.15, -0.1) is 0 Å². The molecule has 1 amide bonds. The fourth-order valence-electron chi connectivity index (χ4n) is 5.02. The maximum Gasteiger partial charge on any atom is 0.410 e. The smallest absolute Gasteiger partial charge is 0.410 e. The Hall–Kier alpha value is -2.73. The van der Waals surface area contributed by atoms with Crippen LogP contribution in [-0.4, -0.2) is 93.5 Å². The molecular weight excluding hydrogens is 546 g/mol. The van der Waals surface area contributed by atoms with Gasteiger partial charge in [-0.3, -0.25) is 4.79 Å². The van der Waals surface area contributed by atoms with Crippen LogP contribution in [0.5, 0.6) is 0 Å². The lowest BCUT2D eigenvalue weighted by Crippen LogP contribution is -2.48. The van der Waals surface area contributed by atoms with Crippen LogP contribution in [0.15, 0.2) is 46.9 Å². The molecule has 2 N–H and O–H groups in total. The first-order valence-corrected chi connectivity index (χ1v) is 15.9. The maximum atomic E-state index is 13.0. The molecule has 0 aliphatic carbocycles. The van der Waals surface area contributed by atoms with Gasteiger partial charge in [-0.05, 0) is 62.1 Å². The average Bonchev–Trinajstić information content (AvgIpc) is 2.92. The second kappa shape index (κ2) is 14.9. The van der Waals surface area contributed by atoms with Crippen LogP contribution in [0.2, 0.25) is 0 Å². The topological polar surface area (TPSA) is 125 Å². The van der Waals surface area contributed by atoms with Crippen molar-refractivity contribution in [3.05, 3.63) is 47.6 Å². The summed E-state index contributed by atoms with van der Waals surface area (Å²) in [5.41, 5.74) is 1.35. The van der Waals surface area contributed by atoms with E-state index in [1.807, 2.05) is 40.0 Å². The molecule has 1 fully saturated rings. The van der Waals surface area contributed by atoms with E-state index in [-0.39, 0.29) is 35.8 Å². The largest absolute Gasteiger partial charge is 0.457 e. The number of benzene rings is 1. The van der Waals surface area contributed by atoms with Gasteiger partial charge in [-0.25, -0.2) is 17.9 Å². The van der Waals surface area contributed by atoms with E-state index >= 15 is 0 Å². The lowest BCUT2D eigenvalue weighted by molar-refractivity contribution is -0.151. The Balaban J connectivity index is 1.86. The minimum absolute atomic E-state index is 0.0727. The molecule has 228 valence electrons. The first-order valence-electron chi connectivity index (χ1n) is 14.4. The van der Waals surface area contributed by atoms with E-state index < -0.39 is 34.3 Å². The molecule has 0 bridgehead atoms. The normalized spacial score (nSPS) is 28.2. The number of carbonyl (C=O) groups excluding carboxylic acids is 2. The van der Waals surface area contributed by atoms with Crippen molar-refractivity contribution in [2.45, 2.75) is 70.2 Å². The molecule has 2 aliphatic heterocycles. The van der Waals surface area contributed by atoms with E-state index in [9.17, 15) is 23.1 Å². The summed E-state index contributed by atoms with van der Waals surface area (Å²) in [5.74, 6) is -0.876. The Bertz CT molecular complexity index is 1210. The third-order valence-electron chi connectivity index (χ3n) is 7.60. The number of cyclic esters (lactones) is 1. The Morgan fingerprint density at radius 3 is 2.56 bits per heavy atom. The van der Waals surface area contributed by atoms with Crippen LogP contribution in [0.3, 0.4) is 0 Å². The monoisotopic (exact) mass is 591 g/mol. The minimum atomic E-state index is -3.63. The standard InChI is InChI=1S/C30H45N3O7S/c1-6-31-41(37,38)26-9-7-8-24(19-26)18-23(4)29-22(3)11-13-27(21(2)10-12-25(34)20-28(35)40-29)39-30(36)33-16-14-32(5)15-17-33/h7-9,11,13,18-19,21-22,25,27,29,31,34H,6,10,12,14-17,20H2,1-5H3/b13-11+,23-18+/t21-,22-,25+,27-,29-/m0/s1. The third-order valence-corrected chi connectivity index (χ3v) is 9.15. The van der Waals surface area contributed by atoms with Crippen LogP contribution in [0.25, 0.3) is 6.08 Å². The number of carbonyl (C=O) groups is 2. The van der Waals surface area contributed by atoms with Gasteiger partial charge in [0.25, 0.3) is 0 Å². The summed E-state index contributed by atoms with van der Waals surface area (Å²) in [4.78, 5) is 29.8. The number of ether oxygens (including phenoxy) is 2. The van der Waals surface area contributed by atoms with Gasteiger partial charge in [0, 0.05) is 38.6 Å². The molecule has 0 spiro atoms. The number of amides is 1. The van der Waals surface area contributed by atoms with Crippen molar-refractivity contribution in [3.63, 3.8) is 0 Å². The fourth-order valence-corrected chi connectivity index (χ4v) is 6.11. The van der Waals surface area contributed by atoms with Gasteiger partial charge < -0.3 is 24.4 Å². The van der Waals surface area contributed by atoms with E-state index in [2.05, 4.69) is 9.62 Å². The summed E-state index contributed by atoms with van der Waals surface area (Å²) in [6.07, 6.45) is 3.93. The van der Waals surface area contributed by atoms with Crippen molar-refractivity contribution in [1.82, 2.24) is 14.5 Å². The molecule has 41 heavy (non-hydrogen) atoms. The van der Waals surface area contributed by atoms with Gasteiger partial charge >= 0.3 is 12.1 Å². The number of hydrogen-bond acceptors (Lipinski definition) is 8. The molecule has 0 aromatic heterocycles. The fraction of sp³-hybridized carbons (Fsp3) is 0.600. The summed E-state index contributed by atoms with van der Waals surface area (Å²) in [6, 6.07) is 6.54. The van der Waals surface area contributed by atoms with Crippen molar-refractivity contribution in [1.29, 1.82) is 0 Å². The molecule has 0 saturated carbocycles. The number of nitrogens with one attached hydrogen (secondary N) is 1. The zero-order chi connectivity index (χ0) is 30.2.